The van der Waals surface area contributed by atoms with Gasteiger partial charge in [0.1, 0.15) is 5.82 Å². The van der Waals surface area contributed by atoms with E-state index in [0.29, 0.717) is 10.2 Å². The van der Waals surface area contributed by atoms with E-state index in [-0.39, 0.29) is 16.5 Å². The van der Waals surface area contributed by atoms with E-state index in [2.05, 4.69) is 26.0 Å². The number of rotatable bonds is 5. The number of benzene rings is 2. The minimum Gasteiger partial charge on any atom is -0.321 e. The van der Waals surface area contributed by atoms with Crippen molar-refractivity contribution in [2.24, 2.45) is 0 Å². The third-order valence-corrected chi connectivity index (χ3v) is 7.00. The van der Waals surface area contributed by atoms with Gasteiger partial charge in [0.25, 0.3) is 5.91 Å². The van der Waals surface area contributed by atoms with E-state index in [4.69, 9.17) is 0 Å². The zero-order valence-electron chi connectivity index (χ0n) is 15.3. The van der Waals surface area contributed by atoms with Gasteiger partial charge in [-0.3, -0.25) is 4.79 Å². The summed E-state index contributed by atoms with van der Waals surface area (Å²) in [7, 11) is -3.84. The predicted molar refractivity (Wildman–Crippen MR) is 110 cm³/mol. The molecular formula is C20H22BrFN2O3S. The molecule has 1 fully saturated rings. The molecule has 0 bridgehead atoms. The van der Waals surface area contributed by atoms with Crippen LogP contribution in [0, 0.1) is 5.82 Å². The molecule has 0 atom stereocenters. The van der Waals surface area contributed by atoms with Gasteiger partial charge < -0.3 is 5.32 Å². The molecule has 1 amide bonds. The first-order valence-electron chi connectivity index (χ1n) is 9.24. The first kappa shape index (κ1) is 21.0. The molecule has 2 N–H and O–H groups in total. The standard InChI is InChI=1S/C20H22BrFN2O3S/c21-17-9-5-6-10-19(17)23-20(25)16-13-15(11-12-18(16)22)28(26,27)24-14-7-3-1-2-4-8-14/h5-6,9-14,24H,1-4,7-8H2,(H,23,25). The maximum absolute atomic E-state index is 14.2. The van der Waals surface area contributed by atoms with Crippen LogP contribution in [-0.4, -0.2) is 20.4 Å². The maximum Gasteiger partial charge on any atom is 0.258 e. The number of hydrogen-bond acceptors (Lipinski definition) is 3. The van der Waals surface area contributed by atoms with Crippen molar-refractivity contribution in [3.63, 3.8) is 0 Å². The Morgan fingerprint density at radius 1 is 1.04 bits per heavy atom. The van der Waals surface area contributed by atoms with Crippen LogP contribution in [0.25, 0.3) is 0 Å². The summed E-state index contributed by atoms with van der Waals surface area (Å²) >= 11 is 3.31. The SMILES string of the molecule is O=C(Nc1ccccc1Br)c1cc(S(=O)(=O)NC2CCCCCC2)ccc1F. The molecule has 0 unspecified atom stereocenters. The lowest BCUT2D eigenvalue weighted by Crippen LogP contribution is -2.34. The fraction of sp³-hybridized carbons (Fsp3) is 0.350. The van der Waals surface area contributed by atoms with E-state index in [9.17, 15) is 17.6 Å². The fourth-order valence-corrected chi connectivity index (χ4v) is 5.00. The van der Waals surface area contributed by atoms with Crippen LogP contribution in [0.1, 0.15) is 48.9 Å². The molecule has 0 aromatic heterocycles. The first-order valence-corrected chi connectivity index (χ1v) is 11.5. The highest BCUT2D eigenvalue weighted by molar-refractivity contribution is 9.10. The number of sulfonamides is 1. The van der Waals surface area contributed by atoms with Crippen LogP contribution in [0.2, 0.25) is 0 Å². The Balaban J connectivity index is 1.82. The number of nitrogens with one attached hydrogen (secondary N) is 2. The molecule has 5 nitrogen and oxygen atoms in total. The van der Waals surface area contributed by atoms with Crippen LogP contribution in [0.15, 0.2) is 51.8 Å². The maximum atomic E-state index is 14.2. The molecule has 1 saturated carbocycles. The first-order chi connectivity index (χ1) is 13.4. The third kappa shape index (κ3) is 5.18. The molecular weight excluding hydrogens is 447 g/mol. The van der Waals surface area contributed by atoms with Crippen molar-refractivity contribution in [3.05, 3.63) is 58.3 Å². The predicted octanol–water partition coefficient (Wildman–Crippen LogP) is 4.84. The molecule has 3 rings (SSSR count). The summed E-state index contributed by atoms with van der Waals surface area (Å²) in [6.45, 7) is 0. The van der Waals surface area contributed by atoms with Gasteiger partial charge in [-0.05, 0) is 59.1 Å². The van der Waals surface area contributed by atoms with Crippen molar-refractivity contribution in [3.8, 4) is 0 Å². The van der Waals surface area contributed by atoms with E-state index in [1.54, 1.807) is 24.3 Å². The van der Waals surface area contributed by atoms with Crippen molar-refractivity contribution in [2.75, 3.05) is 5.32 Å². The molecule has 150 valence electrons. The average Bonchev–Trinajstić information content (AvgIpc) is 2.92. The summed E-state index contributed by atoms with van der Waals surface area (Å²) in [5.74, 6) is -1.49. The van der Waals surface area contributed by atoms with Crippen LogP contribution in [-0.2, 0) is 10.0 Å². The minimum atomic E-state index is -3.84. The highest BCUT2D eigenvalue weighted by Gasteiger charge is 2.23. The highest BCUT2D eigenvalue weighted by atomic mass is 79.9. The van der Waals surface area contributed by atoms with Gasteiger partial charge in [0.15, 0.2) is 0 Å². The van der Waals surface area contributed by atoms with Crippen molar-refractivity contribution >= 4 is 37.5 Å². The van der Waals surface area contributed by atoms with Gasteiger partial charge in [-0.1, -0.05) is 37.8 Å². The fourth-order valence-electron chi connectivity index (χ4n) is 3.28. The molecule has 8 heteroatoms. The van der Waals surface area contributed by atoms with Crippen LogP contribution in [0.4, 0.5) is 10.1 Å². The minimum absolute atomic E-state index is 0.115. The smallest absolute Gasteiger partial charge is 0.258 e. The van der Waals surface area contributed by atoms with Crippen molar-refractivity contribution in [1.29, 1.82) is 0 Å². The quantitative estimate of drug-likeness (QED) is 0.616. The lowest BCUT2D eigenvalue weighted by atomic mass is 10.1. The molecule has 0 spiro atoms. The molecule has 0 radical (unpaired) electrons. The Kier molecular flexibility index (Phi) is 6.85. The molecule has 2 aromatic carbocycles. The Morgan fingerprint density at radius 3 is 2.39 bits per heavy atom. The van der Waals surface area contributed by atoms with Gasteiger partial charge in [0, 0.05) is 10.5 Å². The van der Waals surface area contributed by atoms with Gasteiger partial charge in [-0.2, -0.15) is 0 Å². The number of anilines is 1. The summed E-state index contributed by atoms with van der Waals surface area (Å²) in [6, 6.07) is 10.1. The average molecular weight is 469 g/mol. The van der Waals surface area contributed by atoms with Gasteiger partial charge >= 0.3 is 0 Å². The number of carbonyl (C=O) groups is 1. The number of amides is 1. The topological polar surface area (TPSA) is 75.3 Å². The lowest BCUT2D eigenvalue weighted by Gasteiger charge is -2.17. The zero-order valence-corrected chi connectivity index (χ0v) is 17.7. The summed E-state index contributed by atoms with van der Waals surface area (Å²) in [5.41, 5.74) is 0.149. The second kappa shape index (κ2) is 9.15. The van der Waals surface area contributed by atoms with Crippen LogP contribution in [0.3, 0.4) is 0 Å². The summed E-state index contributed by atoms with van der Waals surface area (Å²) in [4.78, 5) is 12.4. The van der Waals surface area contributed by atoms with E-state index in [1.165, 1.54) is 6.07 Å². The van der Waals surface area contributed by atoms with Crippen LogP contribution in [0.5, 0.6) is 0 Å². The van der Waals surface area contributed by atoms with Crippen LogP contribution < -0.4 is 10.0 Å². The van der Waals surface area contributed by atoms with Gasteiger partial charge in [0.05, 0.1) is 16.1 Å². The van der Waals surface area contributed by atoms with E-state index >= 15 is 0 Å². The second-order valence-electron chi connectivity index (χ2n) is 6.89. The molecule has 0 aliphatic heterocycles. The monoisotopic (exact) mass is 468 g/mol. The summed E-state index contributed by atoms with van der Waals surface area (Å²) < 4.78 is 43.1. The van der Waals surface area contributed by atoms with E-state index in [0.717, 1.165) is 50.7 Å². The molecule has 1 aliphatic carbocycles. The van der Waals surface area contributed by atoms with E-state index in [1.807, 2.05) is 0 Å². The van der Waals surface area contributed by atoms with Gasteiger partial charge in [-0.25, -0.2) is 17.5 Å². The number of para-hydroxylation sites is 1. The van der Waals surface area contributed by atoms with Crippen LogP contribution >= 0.6 is 15.9 Å². The largest absolute Gasteiger partial charge is 0.321 e. The van der Waals surface area contributed by atoms with Gasteiger partial charge in [-0.15, -0.1) is 0 Å². The molecule has 1 aliphatic rings. The Morgan fingerprint density at radius 2 is 1.71 bits per heavy atom. The molecule has 0 saturated heterocycles. The Bertz CT molecular complexity index is 958. The molecule has 28 heavy (non-hydrogen) atoms. The summed E-state index contributed by atoms with van der Waals surface area (Å²) in [5, 5.41) is 2.59. The lowest BCUT2D eigenvalue weighted by molar-refractivity contribution is 0.102. The molecule has 0 heterocycles. The zero-order chi connectivity index (χ0) is 20.1. The highest BCUT2D eigenvalue weighted by Crippen LogP contribution is 2.24. The number of carbonyl (C=O) groups excluding carboxylic acids is 1. The summed E-state index contributed by atoms with van der Waals surface area (Å²) in [6.07, 6.45) is 5.75. The molecule has 2 aromatic rings. The third-order valence-electron chi connectivity index (χ3n) is 4.79. The number of hydrogen-bond donors (Lipinski definition) is 2. The normalized spacial score (nSPS) is 15.8. The number of halogens is 2. The van der Waals surface area contributed by atoms with Crippen molar-refractivity contribution < 1.29 is 17.6 Å². The Labute approximate surface area is 172 Å². The Hall–Kier alpha value is -1.77. The van der Waals surface area contributed by atoms with E-state index < -0.39 is 21.7 Å². The van der Waals surface area contributed by atoms with Crippen molar-refractivity contribution in [1.82, 2.24) is 4.72 Å². The van der Waals surface area contributed by atoms with Crippen molar-refractivity contribution in [2.45, 2.75) is 49.5 Å². The van der Waals surface area contributed by atoms with Gasteiger partial charge in [0.2, 0.25) is 10.0 Å². The second-order valence-corrected chi connectivity index (χ2v) is 9.45.